The number of aryl methyl sites for hydroxylation is 2. The largest absolute Gasteiger partial charge is 0.496 e. The van der Waals surface area contributed by atoms with Crippen molar-refractivity contribution in [3.05, 3.63) is 33.8 Å². The van der Waals surface area contributed by atoms with Gasteiger partial charge in [-0.25, -0.2) is 0 Å². The summed E-state index contributed by atoms with van der Waals surface area (Å²) in [7, 11) is 3.62. The topological polar surface area (TPSA) is 53.1 Å². The monoisotopic (exact) mass is 251 g/mol. The van der Waals surface area contributed by atoms with Gasteiger partial charge in [0.25, 0.3) is 0 Å². The third-order valence-corrected chi connectivity index (χ3v) is 3.77. The Bertz CT molecular complexity index is 504. The maximum absolute atomic E-state index is 6.19. The zero-order valence-corrected chi connectivity index (χ0v) is 11.1. The second-order valence-electron chi connectivity index (χ2n) is 4.10. The van der Waals surface area contributed by atoms with Crippen molar-refractivity contribution in [2.75, 3.05) is 7.11 Å². The van der Waals surface area contributed by atoms with Gasteiger partial charge in [-0.3, -0.25) is 4.68 Å². The van der Waals surface area contributed by atoms with E-state index >= 15 is 0 Å². The molecule has 2 N–H and O–H groups in total. The Labute approximate surface area is 105 Å². The molecule has 0 fully saturated rings. The average molecular weight is 251 g/mol. The SMILES string of the molecule is COc1csc(C(N)Cc2cc(C)nn2C)c1. The molecule has 2 heterocycles. The molecular formula is C12H17N3OS. The van der Waals surface area contributed by atoms with Crippen molar-refractivity contribution in [3.8, 4) is 5.75 Å². The Kier molecular flexibility index (Phi) is 3.49. The highest BCUT2D eigenvalue weighted by atomic mass is 32.1. The summed E-state index contributed by atoms with van der Waals surface area (Å²) in [6, 6.07) is 4.07. The Morgan fingerprint density at radius 1 is 1.53 bits per heavy atom. The normalized spacial score (nSPS) is 12.7. The number of nitrogens with two attached hydrogens (primary N) is 1. The van der Waals surface area contributed by atoms with Crippen LogP contribution in [-0.2, 0) is 13.5 Å². The Morgan fingerprint density at radius 3 is 2.82 bits per heavy atom. The molecule has 0 saturated carbocycles. The summed E-state index contributed by atoms with van der Waals surface area (Å²) in [5.74, 6) is 0.877. The van der Waals surface area contributed by atoms with Crippen LogP contribution in [0.2, 0.25) is 0 Å². The van der Waals surface area contributed by atoms with E-state index in [4.69, 9.17) is 10.5 Å². The van der Waals surface area contributed by atoms with Crippen LogP contribution >= 0.6 is 11.3 Å². The van der Waals surface area contributed by atoms with Crippen molar-refractivity contribution in [2.45, 2.75) is 19.4 Å². The molecule has 2 aromatic rings. The van der Waals surface area contributed by atoms with Crippen LogP contribution in [0.15, 0.2) is 17.5 Å². The van der Waals surface area contributed by atoms with Crippen molar-refractivity contribution in [2.24, 2.45) is 12.8 Å². The van der Waals surface area contributed by atoms with Gasteiger partial charge in [0.1, 0.15) is 5.75 Å². The second kappa shape index (κ2) is 4.89. The lowest BCUT2D eigenvalue weighted by Crippen LogP contribution is -2.14. The number of thiophene rings is 1. The molecule has 0 aromatic carbocycles. The summed E-state index contributed by atoms with van der Waals surface area (Å²) in [6.45, 7) is 1.99. The number of ether oxygens (including phenoxy) is 1. The minimum Gasteiger partial charge on any atom is -0.496 e. The van der Waals surface area contributed by atoms with Crippen LogP contribution in [0.5, 0.6) is 5.75 Å². The van der Waals surface area contributed by atoms with Crippen LogP contribution in [0.25, 0.3) is 0 Å². The van der Waals surface area contributed by atoms with E-state index in [0.717, 1.165) is 28.4 Å². The third kappa shape index (κ3) is 2.68. The van der Waals surface area contributed by atoms with E-state index in [1.165, 1.54) is 0 Å². The van der Waals surface area contributed by atoms with E-state index in [-0.39, 0.29) is 6.04 Å². The van der Waals surface area contributed by atoms with Crippen LogP contribution < -0.4 is 10.5 Å². The smallest absolute Gasteiger partial charge is 0.129 e. The predicted octanol–water partition coefficient (Wildman–Crippen LogP) is 2.04. The van der Waals surface area contributed by atoms with Gasteiger partial charge in [0, 0.05) is 35.5 Å². The van der Waals surface area contributed by atoms with Gasteiger partial charge in [0.2, 0.25) is 0 Å². The fourth-order valence-corrected chi connectivity index (χ4v) is 2.68. The number of hydrogen-bond acceptors (Lipinski definition) is 4. The number of hydrogen-bond donors (Lipinski definition) is 1. The summed E-state index contributed by atoms with van der Waals surface area (Å²) in [5.41, 5.74) is 8.37. The fraction of sp³-hybridized carbons (Fsp3) is 0.417. The molecule has 0 radical (unpaired) electrons. The van der Waals surface area contributed by atoms with Crippen LogP contribution in [0.1, 0.15) is 22.3 Å². The zero-order valence-electron chi connectivity index (χ0n) is 10.3. The lowest BCUT2D eigenvalue weighted by atomic mass is 10.1. The summed E-state index contributed by atoms with van der Waals surface area (Å²) >= 11 is 1.63. The van der Waals surface area contributed by atoms with Crippen molar-refractivity contribution in [1.82, 2.24) is 9.78 Å². The van der Waals surface area contributed by atoms with E-state index in [9.17, 15) is 0 Å². The minimum absolute atomic E-state index is 0.00120. The number of nitrogens with zero attached hydrogens (tertiary/aromatic N) is 2. The van der Waals surface area contributed by atoms with Crippen molar-refractivity contribution in [1.29, 1.82) is 0 Å². The van der Waals surface area contributed by atoms with Crippen LogP contribution in [-0.4, -0.2) is 16.9 Å². The van der Waals surface area contributed by atoms with Crippen LogP contribution in [0.3, 0.4) is 0 Å². The molecule has 4 nitrogen and oxygen atoms in total. The lowest BCUT2D eigenvalue weighted by Gasteiger charge is -2.09. The first-order chi connectivity index (χ1) is 8.10. The molecule has 0 spiro atoms. The quantitative estimate of drug-likeness (QED) is 0.904. The zero-order chi connectivity index (χ0) is 12.4. The third-order valence-electron chi connectivity index (χ3n) is 2.72. The number of aromatic nitrogens is 2. The Balaban J connectivity index is 2.10. The van der Waals surface area contributed by atoms with Crippen molar-refractivity contribution >= 4 is 11.3 Å². The summed E-state index contributed by atoms with van der Waals surface area (Å²) in [6.07, 6.45) is 0.793. The first-order valence-corrected chi connectivity index (χ1v) is 6.35. The van der Waals surface area contributed by atoms with Gasteiger partial charge in [-0.15, -0.1) is 11.3 Å². The molecule has 0 bridgehead atoms. The average Bonchev–Trinajstić information content (AvgIpc) is 2.86. The standard InChI is InChI=1S/C12H17N3OS/c1-8-4-9(15(2)14-8)5-11(13)12-6-10(16-3)7-17-12/h4,6-7,11H,5,13H2,1-3H3. The Morgan fingerprint density at radius 2 is 2.29 bits per heavy atom. The maximum Gasteiger partial charge on any atom is 0.129 e. The van der Waals surface area contributed by atoms with Gasteiger partial charge in [-0.1, -0.05) is 0 Å². The summed E-state index contributed by atoms with van der Waals surface area (Å²) < 4.78 is 7.05. The van der Waals surface area contributed by atoms with Crippen molar-refractivity contribution in [3.63, 3.8) is 0 Å². The van der Waals surface area contributed by atoms with Gasteiger partial charge in [-0.05, 0) is 19.1 Å². The number of rotatable bonds is 4. The van der Waals surface area contributed by atoms with E-state index < -0.39 is 0 Å². The molecule has 17 heavy (non-hydrogen) atoms. The van der Waals surface area contributed by atoms with E-state index in [0.29, 0.717) is 0 Å². The molecule has 2 rings (SSSR count). The molecule has 0 aliphatic carbocycles. The van der Waals surface area contributed by atoms with E-state index in [1.54, 1.807) is 18.4 Å². The molecule has 0 aliphatic rings. The molecule has 92 valence electrons. The second-order valence-corrected chi connectivity index (χ2v) is 5.04. The number of methoxy groups -OCH3 is 1. The van der Waals surface area contributed by atoms with Gasteiger partial charge < -0.3 is 10.5 Å². The molecule has 5 heteroatoms. The molecule has 2 aromatic heterocycles. The van der Waals surface area contributed by atoms with Crippen LogP contribution in [0.4, 0.5) is 0 Å². The van der Waals surface area contributed by atoms with E-state index in [2.05, 4.69) is 11.2 Å². The molecule has 0 saturated heterocycles. The fourth-order valence-electron chi connectivity index (χ4n) is 1.82. The molecule has 0 aliphatic heterocycles. The predicted molar refractivity (Wildman–Crippen MR) is 69.4 cm³/mol. The van der Waals surface area contributed by atoms with Gasteiger partial charge in [-0.2, -0.15) is 5.10 Å². The molecule has 0 amide bonds. The molecular weight excluding hydrogens is 234 g/mol. The highest BCUT2D eigenvalue weighted by Crippen LogP contribution is 2.27. The van der Waals surface area contributed by atoms with E-state index in [1.807, 2.05) is 30.1 Å². The lowest BCUT2D eigenvalue weighted by molar-refractivity contribution is 0.416. The molecule has 1 atom stereocenters. The summed E-state index contributed by atoms with van der Waals surface area (Å²) in [4.78, 5) is 1.14. The minimum atomic E-state index is -0.00120. The molecule has 1 unspecified atom stereocenters. The van der Waals surface area contributed by atoms with Crippen LogP contribution in [0, 0.1) is 6.92 Å². The van der Waals surface area contributed by atoms with Crippen molar-refractivity contribution < 1.29 is 4.74 Å². The van der Waals surface area contributed by atoms with Gasteiger partial charge in [0.15, 0.2) is 0 Å². The summed E-state index contributed by atoms with van der Waals surface area (Å²) in [5, 5.41) is 6.29. The van der Waals surface area contributed by atoms with Gasteiger partial charge >= 0.3 is 0 Å². The highest BCUT2D eigenvalue weighted by Gasteiger charge is 2.13. The first kappa shape index (κ1) is 12.1. The maximum atomic E-state index is 6.19. The first-order valence-electron chi connectivity index (χ1n) is 5.47. The highest BCUT2D eigenvalue weighted by molar-refractivity contribution is 7.10. The Hall–Kier alpha value is -1.33. The van der Waals surface area contributed by atoms with Gasteiger partial charge in [0.05, 0.1) is 12.8 Å².